The van der Waals surface area contributed by atoms with Crippen molar-refractivity contribution in [2.75, 3.05) is 5.32 Å². The molecule has 0 atom stereocenters. The van der Waals surface area contributed by atoms with Crippen molar-refractivity contribution in [1.29, 1.82) is 0 Å². The van der Waals surface area contributed by atoms with Crippen LogP contribution >= 0.6 is 11.8 Å². The van der Waals surface area contributed by atoms with Crippen LogP contribution in [0.15, 0.2) is 42.6 Å². The molecule has 0 saturated heterocycles. The number of rotatable bonds is 4. The van der Waals surface area contributed by atoms with E-state index in [1.807, 2.05) is 19.1 Å². The van der Waals surface area contributed by atoms with Gasteiger partial charge in [-0.05, 0) is 35.1 Å². The smallest absolute Gasteiger partial charge is 0.283 e. The fourth-order valence-electron chi connectivity index (χ4n) is 2.23. The van der Waals surface area contributed by atoms with E-state index in [0.717, 1.165) is 23.4 Å². The van der Waals surface area contributed by atoms with E-state index in [2.05, 4.69) is 55.3 Å². The number of hydrogen-bond donors (Lipinski definition) is 1. The van der Waals surface area contributed by atoms with Crippen LogP contribution in [0.2, 0.25) is 0 Å². The van der Waals surface area contributed by atoms with E-state index in [-0.39, 0.29) is 10.7 Å². The Balaban J connectivity index is 1.92. The SMILES string of the molecule is CCc1ncccc1NC(=O)SCc1ccc(C(C)(C)C)cc1. The second kappa shape index (κ2) is 7.64. The fraction of sp³-hybridized carbons (Fsp3) is 0.368. The standard InChI is InChI=1S/C19H24N2OS/c1-5-16-17(7-6-12-20-16)21-18(22)23-13-14-8-10-15(11-9-14)19(2,3)4/h6-12H,5,13H2,1-4H3,(H,21,22). The minimum Gasteiger partial charge on any atom is -0.315 e. The number of anilines is 1. The van der Waals surface area contributed by atoms with Crippen molar-refractivity contribution in [3.8, 4) is 0 Å². The molecule has 2 rings (SSSR count). The van der Waals surface area contributed by atoms with E-state index >= 15 is 0 Å². The summed E-state index contributed by atoms with van der Waals surface area (Å²) in [7, 11) is 0. The van der Waals surface area contributed by atoms with Crippen molar-refractivity contribution in [2.24, 2.45) is 0 Å². The van der Waals surface area contributed by atoms with Gasteiger partial charge in [0, 0.05) is 11.9 Å². The van der Waals surface area contributed by atoms with Crippen molar-refractivity contribution in [2.45, 2.75) is 45.3 Å². The molecule has 0 aliphatic rings. The van der Waals surface area contributed by atoms with E-state index in [1.165, 1.54) is 17.3 Å². The Bertz CT molecular complexity index is 660. The molecule has 0 saturated carbocycles. The molecule has 0 aliphatic carbocycles. The second-order valence-electron chi connectivity index (χ2n) is 6.50. The largest absolute Gasteiger partial charge is 0.315 e. The van der Waals surface area contributed by atoms with Gasteiger partial charge in [0.05, 0.1) is 11.4 Å². The highest BCUT2D eigenvalue weighted by Crippen LogP contribution is 2.24. The minimum atomic E-state index is -0.0485. The van der Waals surface area contributed by atoms with Crippen molar-refractivity contribution >= 4 is 22.7 Å². The minimum absolute atomic E-state index is 0.0485. The Morgan fingerprint density at radius 1 is 1.17 bits per heavy atom. The highest BCUT2D eigenvalue weighted by molar-refractivity contribution is 8.13. The van der Waals surface area contributed by atoms with Gasteiger partial charge >= 0.3 is 0 Å². The number of nitrogens with zero attached hydrogens (tertiary/aromatic N) is 1. The Kier molecular flexibility index (Phi) is 5.83. The molecular weight excluding hydrogens is 304 g/mol. The maximum atomic E-state index is 12.1. The molecule has 0 unspecified atom stereocenters. The average molecular weight is 328 g/mol. The molecule has 0 bridgehead atoms. The molecule has 1 aromatic heterocycles. The molecule has 0 fully saturated rings. The van der Waals surface area contributed by atoms with Gasteiger partial charge in [-0.2, -0.15) is 0 Å². The number of amides is 1. The van der Waals surface area contributed by atoms with Crippen LogP contribution in [0.25, 0.3) is 0 Å². The van der Waals surface area contributed by atoms with E-state index in [9.17, 15) is 4.79 Å². The van der Waals surface area contributed by atoms with Gasteiger partial charge in [-0.1, -0.05) is 63.7 Å². The Hall–Kier alpha value is -1.81. The lowest BCUT2D eigenvalue weighted by Crippen LogP contribution is -2.11. The summed E-state index contributed by atoms with van der Waals surface area (Å²) in [4.78, 5) is 16.4. The first kappa shape index (κ1) is 17.5. The van der Waals surface area contributed by atoms with Crippen LogP contribution in [0.3, 0.4) is 0 Å². The summed E-state index contributed by atoms with van der Waals surface area (Å²) >= 11 is 1.28. The number of carbonyl (C=O) groups is 1. The second-order valence-corrected chi connectivity index (χ2v) is 7.45. The first-order chi connectivity index (χ1) is 10.9. The molecule has 0 aliphatic heterocycles. The number of aryl methyl sites for hydroxylation is 1. The third kappa shape index (κ3) is 5.10. The third-order valence-corrected chi connectivity index (χ3v) is 4.49. The van der Waals surface area contributed by atoms with Gasteiger partial charge in [0.15, 0.2) is 0 Å². The van der Waals surface area contributed by atoms with Crippen LogP contribution < -0.4 is 5.32 Å². The molecule has 1 heterocycles. The summed E-state index contributed by atoms with van der Waals surface area (Å²) in [6.45, 7) is 8.62. The molecule has 1 N–H and O–H groups in total. The summed E-state index contributed by atoms with van der Waals surface area (Å²) < 4.78 is 0. The zero-order valence-corrected chi connectivity index (χ0v) is 15.0. The summed E-state index contributed by atoms with van der Waals surface area (Å²) in [5.74, 6) is 0.665. The van der Waals surface area contributed by atoms with Gasteiger partial charge in [0.25, 0.3) is 5.24 Å². The Labute approximate surface area is 142 Å². The van der Waals surface area contributed by atoms with Crippen LogP contribution in [0, 0.1) is 0 Å². The zero-order valence-electron chi connectivity index (χ0n) is 14.2. The van der Waals surface area contributed by atoms with E-state index in [1.54, 1.807) is 6.20 Å². The molecule has 3 nitrogen and oxygen atoms in total. The molecule has 122 valence electrons. The lowest BCUT2D eigenvalue weighted by molar-refractivity contribution is 0.269. The highest BCUT2D eigenvalue weighted by atomic mass is 32.2. The lowest BCUT2D eigenvalue weighted by atomic mass is 9.87. The summed E-state index contributed by atoms with van der Waals surface area (Å²) in [6.07, 6.45) is 2.55. The van der Waals surface area contributed by atoms with Crippen LogP contribution in [-0.2, 0) is 17.6 Å². The van der Waals surface area contributed by atoms with Gasteiger partial charge in [0.1, 0.15) is 0 Å². The highest BCUT2D eigenvalue weighted by Gasteiger charge is 2.13. The number of carbonyl (C=O) groups excluding carboxylic acids is 1. The fourth-order valence-corrected chi connectivity index (χ4v) is 2.90. The molecule has 23 heavy (non-hydrogen) atoms. The maximum absolute atomic E-state index is 12.1. The number of aromatic nitrogens is 1. The summed E-state index contributed by atoms with van der Waals surface area (Å²) in [5, 5.41) is 2.88. The topological polar surface area (TPSA) is 42.0 Å². The van der Waals surface area contributed by atoms with E-state index < -0.39 is 0 Å². The molecule has 1 amide bonds. The van der Waals surface area contributed by atoms with Crippen molar-refractivity contribution < 1.29 is 4.79 Å². The van der Waals surface area contributed by atoms with Gasteiger partial charge in [0.2, 0.25) is 0 Å². The Morgan fingerprint density at radius 2 is 1.87 bits per heavy atom. The number of hydrogen-bond acceptors (Lipinski definition) is 3. The van der Waals surface area contributed by atoms with Gasteiger partial charge in [-0.15, -0.1) is 0 Å². The van der Waals surface area contributed by atoms with Crippen LogP contribution in [0.1, 0.15) is 44.5 Å². The van der Waals surface area contributed by atoms with Crippen molar-refractivity contribution in [3.05, 3.63) is 59.4 Å². The van der Waals surface area contributed by atoms with Gasteiger partial charge in [-0.3, -0.25) is 9.78 Å². The van der Waals surface area contributed by atoms with Gasteiger partial charge < -0.3 is 5.32 Å². The van der Waals surface area contributed by atoms with E-state index in [0.29, 0.717) is 5.75 Å². The predicted octanol–water partition coefficient (Wildman–Crippen LogP) is 5.41. The molecular formula is C19H24N2OS. The number of benzene rings is 1. The summed E-state index contributed by atoms with van der Waals surface area (Å²) in [5.41, 5.74) is 4.32. The number of nitrogens with one attached hydrogen (secondary N) is 1. The Morgan fingerprint density at radius 3 is 2.48 bits per heavy atom. The monoisotopic (exact) mass is 328 g/mol. The molecule has 0 spiro atoms. The van der Waals surface area contributed by atoms with Crippen LogP contribution in [0.5, 0.6) is 0 Å². The number of pyridine rings is 1. The van der Waals surface area contributed by atoms with Crippen LogP contribution in [-0.4, -0.2) is 10.2 Å². The predicted molar refractivity (Wildman–Crippen MR) is 99.1 cm³/mol. The molecule has 2 aromatic rings. The van der Waals surface area contributed by atoms with Gasteiger partial charge in [-0.25, -0.2) is 0 Å². The quantitative estimate of drug-likeness (QED) is 0.816. The first-order valence-electron chi connectivity index (χ1n) is 7.87. The summed E-state index contributed by atoms with van der Waals surface area (Å²) in [6, 6.07) is 12.2. The van der Waals surface area contributed by atoms with Crippen molar-refractivity contribution in [1.82, 2.24) is 4.98 Å². The zero-order chi connectivity index (χ0) is 16.9. The number of thioether (sulfide) groups is 1. The van der Waals surface area contributed by atoms with E-state index in [4.69, 9.17) is 0 Å². The maximum Gasteiger partial charge on any atom is 0.283 e. The average Bonchev–Trinajstić information content (AvgIpc) is 2.53. The first-order valence-corrected chi connectivity index (χ1v) is 8.86. The molecule has 1 aromatic carbocycles. The van der Waals surface area contributed by atoms with Crippen LogP contribution in [0.4, 0.5) is 10.5 Å². The third-order valence-electron chi connectivity index (χ3n) is 3.65. The molecule has 4 heteroatoms. The lowest BCUT2D eigenvalue weighted by Gasteiger charge is -2.19. The van der Waals surface area contributed by atoms with Crippen molar-refractivity contribution in [3.63, 3.8) is 0 Å². The normalized spacial score (nSPS) is 11.3. The molecule has 0 radical (unpaired) electrons.